The van der Waals surface area contributed by atoms with Crippen LogP contribution in [0.3, 0.4) is 0 Å². The van der Waals surface area contributed by atoms with Crippen molar-refractivity contribution in [2.24, 2.45) is 0 Å². The van der Waals surface area contributed by atoms with E-state index in [1.54, 1.807) is 12.1 Å². The van der Waals surface area contributed by atoms with E-state index in [2.05, 4.69) is 26.0 Å². The Bertz CT molecular complexity index is 957. The van der Waals surface area contributed by atoms with Crippen molar-refractivity contribution in [2.75, 3.05) is 6.61 Å². The first-order valence-electron chi connectivity index (χ1n) is 12.3. The fourth-order valence-corrected chi connectivity index (χ4v) is 4.68. The van der Waals surface area contributed by atoms with Crippen molar-refractivity contribution in [3.63, 3.8) is 0 Å². The van der Waals surface area contributed by atoms with Crippen LogP contribution >= 0.6 is 11.3 Å². The third-order valence-electron chi connectivity index (χ3n) is 5.64. The Kier molecular flexibility index (Phi) is 10.5. The number of hydrogen-bond donors (Lipinski definition) is 0. The summed E-state index contributed by atoms with van der Waals surface area (Å²) in [6.07, 6.45) is 11.2. The maximum Gasteiger partial charge on any atom is 0.343 e. The zero-order valence-electron chi connectivity index (χ0n) is 20.0. The SMILES string of the molecule is CCCCCCCCc1ccc(-c2ccc(C(=O)Oc3ccc(OCCCC)cc3)cc2)s1. The average Bonchev–Trinajstić information content (AvgIpc) is 3.32. The molecule has 0 aliphatic rings. The largest absolute Gasteiger partial charge is 0.494 e. The van der Waals surface area contributed by atoms with Gasteiger partial charge in [0, 0.05) is 9.75 Å². The quantitative estimate of drug-likeness (QED) is 0.136. The predicted octanol–water partition coefficient (Wildman–Crippen LogP) is 8.72. The van der Waals surface area contributed by atoms with Gasteiger partial charge in [-0.1, -0.05) is 64.5 Å². The molecular weight excluding hydrogens is 428 g/mol. The number of thiophene rings is 1. The van der Waals surface area contributed by atoms with E-state index in [1.165, 1.54) is 48.3 Å². The molecule has 0 amide bonds. The molecular formula is C29H36O3S. The molecule has 0 spiro atoms. The van der Waals surface area contributed by atoms with Gasteiger partial charge in [0.25, 0.3) is 0 Å². The third kappa shape index (κ3) is 8.36. The van der Waals surface area contributed by atoms with Crippen LogP contribution < -0.4 is 9.47 Å². The van der Waals surface area contributed by atoms with Crippen LogP contribution in [0.25, 0.3) is 10.4 Å². The number of esters is 1. The Labute approximate surface area is 202 Å². The van der Waals surface area contributed by atoms with Gasteiger partial charge in [0.1, 0.15) is 11.5 Å². The second-order valence-corrected chi connectivity index (χ2v) is 9.59. The van der Waals surface area contributed by atoms with Crippen molar-refractivity contribution in [3.05, 3.63) is 71.1 Å². The Morgan fingerprint density at radius 2 is 1.39 bits per heavy atom. The predicted molar refractivity (Wildman–Crippen MR) is 139 cm³/mol. The molecule has 0 bridgehead atoms. The van der Waals surface area contributed by atoms with Crippen molar-refractivity contribution >= 4 is 17.3 Å². The number of carbonyl (C=O) groups is 1. The average molecular weight is 465 g/mol. The summed E-state index contributed by atoms with van der Waals surface area (Å²) in [5.41, 5.74) is 1.69. The number of ether oxygens (including phenoxy) is 2. The zero-order chi connectivity index (χ0) is 23.3. The first-order chi connectivity index (χ1) is 16.2. The molecule has 1 heterocycles. The Balaban J connectivity index is 1.48. The van der Waals surface area contributed by atoms with Gasteiger partial charge in [-0.25, -0.2) is 4.79 Å². The molecule has 0 atom stereocenters. The van der Waals surface area contributed by atoms with Gasteiger partial charge in [0.05, 0.1) is 12.2 Å². The molecule has 0 saturated heterocycles. The monoisotopic (exact) mass is 464 g/mol. The van der Waals surface area contributed by atoms with E-state index in [1.807, 2.05) is 47.7 Å². The molecule has 1 aromatic heterocycles. The smallest absolute Gasteiger partial charge is 0.343 e. The molecule has 0 aliphatic carbocycles. The molecule has 0 N–H and O–H groups in total. The van der Waals surface area contributed by atoms with E-state index < -0.39 is 0 Å². The van der Waals surface area contributed by atoms with Gasteiger partial charge >= 0.3 is 5.97 Å². The summed E-state index contributed by atoms with van der Waals surface area (Å²) < 4.78 is 11.2. The van der Waals surface area contributed by atoms with Crippen molar-refractivity contribution in [1.29, 1.82) is 0 Å². The minimum Gasteiger partial charge on any atom is -0.494 e. The maximum absolute atomic E-state index is 12.5. The summed E-state index contributed by atoms with van der Waals surface area (Å²) in [6, 6.07) is 19.3. The number of rotatable bonds is 14. The van der Waals surface area contributed by atoms with Crippen LogP contribution in [0, 0.1) is 0 Å². The lowest BCUT2D eigenvalue weighted by molar-refractivity contribution is 0.0734. The Hall–Kier alpha value is -2.59. The Morgan fingerprint density at radius 3 is 2.12 bits per heavy atom. The normalized spacial score (nSPS) is 10.8. The van der Waals surface area contributed by atoms with Gasteiger partial charge in [-0.15, -0.1) is 11.3 Å². The zero-order valence-corrected chi connectivity index (χ0v) is 20.8. The highest BCUT2D eigenvalue weighted by molar-refractivity contribution is 7.15. The molecule has 0 fully saturated rings. The second-order valence-electron chi connectivity index (χ2n) is 8.42. The summed E-state index contributed by atoms with van der Waals surface area (Å²) in [5, 5.41) is 0. The summed E-state index contributed by atoms with van der Waals surface area (Å²) in [7, 11) is 0. The highest BCUT2D eigenvalue weighted by atomic mass is 32.1. The fourth-order valence-electron chi connectivity index (χ4n) is 3.62. The molecule has 4 heteroatoms. The molecule has 0 aliphatic heterocycles. The van der Waals surface area contributed by atoms with Crippen LogP contribution in [0.5, 0.6) is 11.5 Å². The topological polar surface area (TPSA) is 35.5 Å². The number of carbonyl (C=O) groups excluding carboxylic acids is 1. The molecule has 3 nitrogen and oxygen atoms in total. The number of aryl methyl sites for hydroxylation is 1. The summed E-state index contributed by atoms with van der Waals surface area (Å²) in [4.78, 5) is 15.2. The van der Waals surface area contributed by atoms with Gasteiger partial charge < -0.3 is 9.47 Å². The van der Waals surface area contributed by atoms with E-state index >= 15 is 0 Å². The van der Waals surface area contributed by atoms with Crippen LogP contribution in [-0.4, -0.2) is 12.6 Å². The molecule has 33 heavy (non-hydrogen) atoms. The highest BCUT2D eigenvalue weighted by Gasteiger charge is 2.10. The second kappa shape index (κ2) is 13.8. The van der Waals surface area contributed by atoms with E-state index in [0.717, 1.165) is 30.6 Å². The van der Waals surface area contributed by atoms with Gasteiger partial charge in [0.2, 0.25) is 0 Å². The van der Waals surface area contributed by atoms with Crippen LogP contribution in [0.2, 0.25) is 0 Å². The minimum atomic E-state index is -0.351. The third-order valence-corrected chi connectivity index (χ3v) is 6.84. The lowest BCUT2D eigenvalue weighted by Crippen LogP contribution is -2.08. The van der Waals surface area contributed by atoms with Gasteiger partial charge in [-0.2, -0.15) is 0 Å². The summed E-state index contributed by atoms with van der Waals surface area (Å²) in [6.45, 7) is 5.09. The first-order valence-corrected chi connectivity index (χ1v) is 13.2. The van der Waals surface area contributed by atoms with Crippen molar-refractivity contribution in [1.82, 2.24) is 0 Å². The van der Waals surface area contributed by atoms with E-state index in [4.69, 9.17) is 9.47 Å². The number of unbranched alkanes of at least 4 members (excludes halogenated alkanes) is 6. The number of benzene rings is 2. The minimum absolute atomic E-state index is 0.351. The first kappa shape index (κ1) is 25.0. The lowest BCUT2D eigenvalue weighted by atomic mass is 10.1. The Morgan fingerprint density at radius 1 is 0.727 bits per heavy atom. The molecule has 0 saturated carbocycles. The van der Waals surface area contributed by atoms with Gasteiger partial charge in [-0.05, 0) is 73.4 Å². The standard InChI is InChI=1S/C29H36O3S/c1-3-5-7-8-9-10-11-27-20-21-28(33-27)23-12-14-24(15-13-23)29(30)32-26-18-16-25(17-19-26)31-22-6-4-2/h12-21H,3-11,22H2,1-2H3. The molecule has 0 unspecified atom stereocenters. The van der Waals surface area contributed by atoms with Crippen LogP contribution in [0.15, 0.2) is 60.7 Å². The summed E-state index contributed by atoms with van der Waals surface area (Å²) >= 11 is 1.85. The van der Waals surface area contributed by atoms with E-state index in [-0.39, 0.29) is 5.97 Å². The van der Waals surface area contributed by atoms with Crippen LogP contribution in [0.1, 0.15) is 80.4 Å². The fraction of sp³-hybridized carbons (Fsp3) is 0.414. The lowest BCUT2D eigenvalue weighted by Gasteiger charge is -2.08. The maximum atomic E-state index is 12.5. The van der Waals surface area contributed by atoms with Crippen LogP contribution in [-0.2, 0) is 6.42 Å². The van der Waals surface area contributed by atoms with Crippen molar-refractivity contribution < 1.29 is 14.3 Å². The molecule has 2 aromatic carbocycles. The van der Waals surface area contributed by atoms with Crippen molar-refractivity contribution in [2.45, 2.75) is 71.6 Å². The molecule has 0 radical (unpaired) electrons. The highest BCUT2D eigenvalue weighted by Crippen LogP contribution is 2.29. The van der Waals surface area contributed by atoms with Gasteiger partial charge in [0.15, 0.2) is 0 Å². The van der Waals surface area contributed by atoms with E-state index in [9.17, 15) is 4.79 Å². The molecule has 176 valence electrons. The van der Waals surface area contributed by atoms with Gasteiger partial charge in [-0.3, -0.25) is 0 Å². The van der Waals surface area contributed by atoms with E-state index in [0.29, 0.717) is 17.9 Å². The van der Waals surface area contributed by atoms with Crippen molar-refractivity contribution in [3.8, 4) is 21.9 Å². The molecule has 3 rings (SSSR count). The van der Waals surface area contributed by atoms with Crippen LogP contribution in [0.4, 0.5) is 0 Å². The molecule has 3 aromatic rings. The number of hydrogen-bond acceptors (Lipinski definition) is 4. The summed E-state index contributed by atoms with van der Waals surface area (Å²) in [5.74, 6) is 0.958.